The zero-order valence-corrected chi connectivity index (χ0v) is 30.8. The summed E-state index contributed by atoms with van der Waals surface area (Å²) in [6.45, 7) is 4.38. The van der Waals surface area contributed by atoms with Crippen LogP contribution in [0.4, 0.5) is 0 Å². The molecule has 3 heterocycles. The summed E-state index contributed by atoms with van der Waals surface area (Å²) >= 11 is -1.72. The number of benzene rings is 4. The van der Waals surface area contributed by atoms with Gasteiger partial charge in [-0.2, -0.15) is 0 Å². The van der Waals surface area contributed by atoms with Gasteiger partial charge in [0.2, 0.25) is 0 Å². The van der Waals surface area contributed by atoms with Gasteiger partial charge in [-0.3, -0.25) is 0 Å². The Morgan fingerprint density at radius 1 is 0.689 bits per heavy atom. The van der Waals surface area contributed by atoms with E-state index in [1.165, 1.54) is 21.1 Å². The standard InChI is InChI=1S/C26H20NO.C14H16GeN.Ir/c1-17(2)19-12-13-27-24(15-19)21-8-10-22-23-14-20(18-6-4-3-5-7-18)9-11-25(23)28-26(22)16-21;1-15(2,3)13-9-10-14(16-11-13)12-7-5-4-6-8-12;/h3-15,17H,1-2H3;4-7,9-11H,1-3H3;/q2*-1;. The molecule has 0 bridgehead atoms. The summed E-state index contributed by atoms with van der Waals surface area (Å²) < 4.78 is 7.54. The van der Waals surface area contributed by atoms with Crippen molar-refractivity contribution in [2.45, 2.75) is 37.0 Å². The van der Waals surface area contributed by atoms with Gasteiger partial charge in [-0.25, -0.2) is 0 Å². The summed E-state index contributed by atoms with van der Waals surface area (Å²) in [5.41, 5.74) is 9.28. The second-order valence-corrected chi connectivity index (χ2v) is 23.0. The van der Waals surface area contributed by atoms with E-state index in [2.05, 4.69) is 126 Å². The maximum atomic E-state index is 6.10. The van der Waals surface area contributed by atoms with E-state index in [0.29, 0.717) is 5.92 Å². The fraction of sp³-hybridized carbons (Fsp3) is 0.150. The van der Waals surface area contributed by atoms with E-state index in [-0.39, 0.29) is 20.1 Å². The molecule has 0 fully saturated rings. The smallest absolute Gasteiger partial charge is 0 e. The minimum Gasteiger partial charge on any atom is 0 e. The number of rotatable bonds is 5. The topological polar surface area (TPSA) is 38.9 Å². The van der Waals surface area contributed by atoms with Crippen LogP contribution >= 0.6 is 0 Å². The molecule has 7 rings (SSSR count). The Hall–Kier alpha value is -3.83. The molecule has 3 nitrogen and oxygen atoms in total. The van der Waals surface area contributed by atoms with Gasteiger partial charge in [-0.05, 0) is 40.3 Å². The van der Waals surface area contributed by atoms with Crippen LogP contribution in [-0.4, -0.2) is 23.2 Å². The summed E-state index contributed by atoms with van der Waals surface area (Å²) in [6.07, 6.45) is 3.91. The summed E-state index contributed by atoms with van der Waals surface area (Å²) in [5.74, 6) is 7.61. The first-order valence-electron chi connectivity index (χ1n) is 15.1. The van der Waals surface area contributed by atoms with Crippen molar-refractivity contribution in [3.63, 3.8) is 0 Å². The van der Waals surface area contributed by atoms with Crippen molar-refractivity contribution in [3.8, 4) is 33.6 Å². The van der Waals surface area contributed by atoms with Crippen LogP contribution in [0.25, 0.3) is 55.6 Å². The molecule has 227 valence electrons. The van der Waals surface area contributed by atoms with E-state index in [1.807, 2.05) is 48.8 Å². The molecule has 1 radical (unpaired) electrons. The number of fused-ring (bicyclic) bond motifs is 3. The molecule has 0 aliphatic heterocycles. The van der Waals surface area contributed by atoms with Crippen molar-refractivity contribution in [3.05, 3.63) is 139 Å². The van der Waals surface area contributed by atoms with Gasteiger partial charge in [0.1, 0.15) is 5.58 Å². The van der Waals surface area contributed by atoms with E-state index < -0.39 is 13.3 Å². The van der Waals surface area contributed by atoms with E-state index >= 15 is 0 Å². The average molecular weight is 826 g/mol. The third kappa shape index (κ3) is 7.53. The van der Waals surface area contributed by atoms with Gasteiger partial charge < -0.3 is 9.40 Å². The number of hydrogen-bond acceptors (Lipinski definition) is 3. The van der Waals surface area contributed by atoms with Crippen molar-refractivity contribution < 1.29 is 24.5 Å². The van der Waals surface area contributed by atoms with Gasteiger partial charge in [0.25, 0.3) is 0 Å². The van der Waals surface area contributed by atoms with Gasteiger partial charge in [-0.15, -0.1) is 17.7 Å². The normalized spacial score (nSPS) is 11.2. The molecule has 0 N–H and O–H groups in total. The fourth-order valence-corrected chi connectivity index (χ4v) is 7.34. The molecule has 7 aromatic rings. The molecule has 0 unspecified atom stereocenters. The Balaban J connectivity index is 0.000000202. The number of furan rings is 1. The van der Waals surface area contributed by atoms with Gasteiger partial charge in [0, 0.05) is 26.3 Å². The Labute approximate surface area is 282 Å². The fourth-order valence-electron chi connectivity index (χ4n) is 5.17. The molecule has 0 saturated carbocycles. The first kappa shape index (κ1) is 32.6. The quantitative estimate of drug-likeness (QED) is 0.128. The SMILES string of the molecule is CC(C)c1ccnc(-c2[c-]c3oc4ccc(-c5ccccc5)cc4c3cc2)c1.[CH3][Ge]([CH3])([CH3])[c]1ccc(-c2[c-]cccc2)nc1.[Ir]. The van der Waals surface area contributed by atoms with Crippen molar-refractivity contribution in [1.82, 2.24) is 9.97 Å². The molecule has 3 aromatic heterocycles. The molecule has 0 atom stereocenters. The summed E-state index contributed by atoms with van der Waals surface area (Å²) in [6, 6.07) is 44.1. The van der Waals surface area contributed by atoms with Crippen molar-refractivity contribution in [2.75, 3.05) is 0 Å². The van der Waals surface area contributed by atoms with E-state index in [4.69, 9.17) is 4.42 Å². The van der Waals surface area contributed by atoms with Crippen LogP contribution in [0.3, 0.4) is 0 Å². The average Bonchev–Trinajstić information content (AvgIpc) is 3.43. The second-order valence-electron chi connectivity index (χ2n) is 12.4. The van der Waals surface area contributed by atoms with Crippen LogP contribution in [0.5, 0.6) is 0 Å². The maximum absolute atomic E-state index is 6.10. The first-order chi connectivity index (χ1) is 21.3. The Morgan fingerprint density at radius 2 is 1.49 bits per heavy atom. The summed E-state index contributed by atoms with van der Waals surface area (Å²) in [4.78, 5) is 9.06. The first-order valence-corrected chi connectivity index (χ1v) is 22.4. The summed E-state index contributed by atoms with van der Waals surface area (Å²) in [5, 5.41) is 2.19. The zero-order valence-electron chi connectivity index (χ0n) is 26.3. The van der Waals surface area contributed by atoms with E-state index in [9.17, 15) is 0 Å². The van der Waals surface area contributed by atoms with Gasteiger partial charge in [-0.1, -0.05) is 79.4 Å². The summed E-state index contributed by atoms with van der Waals surface area (Å²) in [7, 11) is 0. The Morgan fingerprint density at radius 3 is 2.18 bits per heavy atom. The molecule has 0 aliphatic rings. The maximum Gasteiger partial charge on any atom is 0 e. The van der Waals surface area contributed by atoms with Gasteiger partial charge in [0.15, 0.2) is 0 Å². The largest absolute Gasteiger partial charge is 0 e. The Kier molecular flexibility index (Phi) is 10.2. The van der Waals surface area contributed by atoms with Crippen molar-refractivity contribution in [2.24, 2.45) is 0 Å². The molecule has 0 aliphatic carbocycles. The molecule has 0 saturated heterocycles. The van der Waals surface area contributed by atoms with Crippen LogP contribution in [-0.2, 0) is 20.1 Å². The molecule has 4 aromatic carbocycles. The molecular weight excluding hydrogens is 789 g/mol. The molecule has 5 heteroatoms. The van der Waals surface area contributed by atoms with Gasteiger partial charge in [0.05, 0.1) is 5.58 Å². The van der Waals surface area contributed by atoms with Crippen LogP contribution in [0.15, 0.2) is 126 Å². The molecule has 45 heavy (non-hydrogen) atoms. The molecular formula is C40H36GeIrN2O-2. The van der Waals surface area contributed by atoms with Crippen LogP contribution in [0, 0.1) is 12.1 Å². The third-order valence-electron chi connectivity index (χ3n) is 7.84. The third-order valence-corrected chi connectivity index (χ3v) is 12.1. The van der Waals surface area contributed by atoms with E-state index in [0.717, 1.165) is 44.5 Å². The van der Waals surface area contributed by atoms with Crippen LogP contribution in [0.1, 0.15) is 25.3 Å². The minimum atomic E-state index is -1.72. The van der Waals surface area contributed by atoms with Crippen molar-refractivity contribution in [1.29, 1.82) is 0 Å². The predicted octanol–water partition coefficient (Wildman–Crippen LogP) is 10.3. The monoisotopic (exact) mass is 827 g/mol. The second kappa shape index (κ2) is 14.1. The van der Waals surface area contributed by atoms with E-state index in [1.54, 1.807) is 0 Å². The Bertz CT molecular complexity index is 2010. The van der Waals surface area contributed by atoms with Gasteiger partial charge >= 0.3 is 99.8 Å². The number of hydrogen-bond donors (Lipinski definition) is 0. The minimum absolute atomic E-state index is 0. The predicted molar refractivity (Wildman–Crippen MR) is 187 cm³/mol. The number of pyridine rings is 2. The molecule has 0 amide bonds. The zero-order chi connectivity index (χ0) is 30.7. The number of nitrogens with zero attached hydrogens (tertiary/aromatic N) is 2. The van der Waals surface area contributed by atoms with Crippen LogP contribution < -0.4 is 4.40 Å². The van der Waals surface area contributed by atoms with Crippen LogP contribution in [0.2, 0.25) is 17.3 Å². The van der Waals surface area contributed by atoms with Crippen molar-refractivity contribution >= 4 is 39.6 Å². The molecule has 0 spiro atoms. The number of aromatic nitrogens is 2.